The number of nitro benzene ring substituents is 1. The maximum absolute atomic E-state index is 12.8. The third-order valence-electron chi connectivity index (χ3n) is 4.53. The van der Waals surface area contributed by atoms with Crippen molar-refractivity contribution in [2.45, 2.75) is 19.1 Å². The van der Waals surface area contributed by atoms with E-state index in [0.29, 0.717) is 0 Å². The van der Waals surface area contributed by atoms with Crippen molar-refractivity contribution in [3.63, 3.8) is 0 Å². The van der Waals surface area contributed by atoms with Crippen LogP contribution >= 0.6 is 0 Å². The summed E-state index contributed by atoms with van der Waals surface area (Å²) < 4.78 is 5.21. The highest BCUT2D eigenvalue weighted by Gasteiger charge is 2.26. The zero-order valence-electron chi connectivity index (χ0n) is 16.2. The Hall–Kier alpha value is -4.00. The van der Waals surface area contributed by atoms with Crippen LogP contribution in [0.1, 0.15) is 34.5 Å². The molecule has 3 aromatic rings. The van der Waals surface area contributed by atoms with Gasteiger partial charge >= 0.3 is 5.97 Å². The number of carbonyl (C=O) groups excluding carboxylic acids is 2. The largest absolute Gasteiger partial charge is 0.449 e. The smallest absolute Gasteiger partial charge is 0.345 e. The second kappa shape index (κ2) is 9.47. The normalized spacial score (nSPS) is 11.5. The zero-order valence-corrected chi connectivity index (χ0v) is 16.2. The van der Waals surface area contributed by atoms with Crippen LogP contribution in [-0.4, -0.2) is 22.9 Å². The first kappa shape index (κ1) is 20.7. The van der Waals surface area contributed by atoms with Gasteiger partial charge in [0, 0.05) is 6.07 Å². The summed E-state index contributed by atoms with van der Waals surface area (Å²) in [6.45, 7) is 1.43. The maximum atomic E-state index is 12.8. The van der Waals surface area contributed by atoms with E-state index in [1.165, 1.54) is 31.2 Å². The summed E-state index contributed by atoms with van der Waals surface area (Å²) in [5.41, 5.74) is 1.16. The highest BCUT2D eigenvalue weighted by atomic mass is 16.6. The lowest BCUT2D eigenvalue weighted by atomic mass is 9.98. The number of esters is 1. The highest BCUT2D eigenvalue weighted by molar-refractivity contribution is 5.95. The molecule has 0 aliphatic rings. The predicted molar refractivity (Wildman–Crippen MR) is 111 cm³/mol. The van der Waals surface area contributed by atoms with Gasteiger partial charge in [0.15, 0.2) is 6.10 Å². The predicted octanol–water partition coefficient (Wildman–Crippen LogP) is 4.05. The molecule has 0 spiro atoms. The molecule has 0 fully saturated rings. The lowest BCUT2D eigenvalue weighted by Crippen LogP contribution is -2.38. The van der Waals surface area contributed by atoms with Gasteiger partial charge in [-0.2, -0.15) is 0 Å². The molecule has 7 nitrogen and oxygen atoms in total. The van der Waals surface area contributed by atoms with Gasteiger partial charge in [-0.1, -0.05) is 72.8 Å². The SMILES string of the molecule is CC(OC(=O)c1ccccc1[N+](=O)[O-])C(=O)NC(c1ccccc1)c1ccccc1. The number of para-hydroxylation sites is 1. The Morgan fingerprint density at radius 2 is 1.37 bits per heavy atom. The van der Waals surface area contributed by atoms with Crippen molar-refractivity contribution in [2.75, 3.05) is 0 Å². The van der Waals surface area contributed by atoms with Crippen LogP contribution < -0.4 is 5.32 Å². The van der Waals surface area contributed by atoms with Crippen LogP contribution in [0.5, 0.6) is 0 Å². The van der Waals surface area contributed by atoms with Gasteiger partial charge in [0.25, 0.3) is 11.6 Å². The number of carbonyl (C=O) groups is 2. The summed E-state index contributed by atoms with van der Waals surface area (Å²) in [7, 11) is 0. The molecule has 1 N–H and O–H groups in total. The lowest BCUT2D eigenvalue weighted by molar-refractivity contribution is -0.385. The van der Waals surface area contributed by atoms with Crippen molar-refractivity contribution in [3.8, 4) is 0 Å². The van der Waals surface area contributed by atoms with Gasteiger partial charge in [0.1, 0.15) is 5.56 Å². The van der Waals surface area contributed by atoms with E-state index < -0.39 is 28.9 Å². The quantitative estimate of drug-likeness (QED) is 0.364. The number of benzene rings is 3. The third-order valence-corrected chi connectivity index (χ3v) is 4.53. The first-order valence-corrected chi connectivity index (χ1v) is 9.32. The number of hydrogen-bond acceptors (Lipinski definition) is 5. The fourth-order valence-electron chi connectivity index (χ4n) is 2.99. The first-order valence-electron chi connectivity index (χ1n) is 9.32. The zero-order chi connectivity index (χ0) is 21.5. The molecular formula is C23H20N2O5. The Kier molecular flexibility index (Phi) is 6.54. The van der Waals surface area contributed by atoms with Gasteiger partial charge in [0.05, 0.1) is 11.0 Å². The molecule has 3 aromatic carbocycles. The Bertz CT molecular complexity index is 998. The number of nitrogens with one attached hydrogen (secondary N) is 1. The average molecular weight is 404 g/mol. The standard InChI is InChI=1S/C23H20N2O5/c1-16(30-23(27)19-14-8-9-15-20(19)25(28)29)22(26)24-21(17-10-4-2-5-11-17)18-12-6-3-7-13-18/h2-16,21H,1H3,(H,24,26). The molecule has 0 heterocycles. The molecule has 0 saturated carbocycles. The van der Waals surface area contributed by atoms with Gasteiger partial charge in [-0.15, -0.1) is 0 Å². The molecule has 0 saturated heterocycles. The van der Waals surface area contributed by atoms with Crippen LogP contribution in [0.4, 0.5) is 5.69 Å². The Morgan fingerprint density at radius 1 is 0.867 bits per heavy atom. The maximum Gasteiger partial charge on any atom is 0.345 e. The third kappa shape index (κ3) is 4.88. The van der Waals surface area contributed by atoms with Crippen LogP contribution in [0, 0.1) is 10.1 Å². The van der Waals surface area contributed by atoms with Crippen molar-refractivity contribution in [1.82, 2.24) is 5.32 Å². The van der Waals surface area contributed by atoms with E-state index in [1.54, 1.807) is 0 Å². The minimum atomic E-state index is -1.15. The van der Waals surface area contributed by atoms with Crippen LogP contribution in [0.15, 0.2) is 84.9 Å². The highest BCUT2D eigenvalue weighted by Crippen LogP contribution is 2.23. The van der Waals surface area contributed by atoms with Gasteiger partial charge in [-0.3, -0.25) is 14.9 Å². The van der Waals surface area contributed by atoms with E-state index in [2.05, 4.69) is 5.32 Å². The Labute approximate surface area is 173 Å². The monoisotopic (exact) mass is 404 g/mol. The second-order valence-electron chi connectivity index (χ2n) is 6.58. The van der Waals surface area contributed by atoms with Gasteiger partial charge in [-0.05, 0) is 24.1 Å². The van der Waals surface area contributed by atoms with Gasteiger partial charge in [-0.25, -0.2) is 4.79 Å². The van der Waals surface area contributed by atoms with Crippen molar-refractivity contribution in [2.24, 2.45) is 0 Å². The minimum Gasteiger partial charge on any atom is -0.449 e. The van der Waals surface area contributed by atoms with Gasteiger partial charge in [0.2, 0.25) is 0 Å². The van der Waals surface area contributed by atoms with Crippen molar-refractivity contribution in [3.05, 3.63) is 112 Å². The van der Waals surface area contributed by atoms with Crippen molar-refractivity contribution < 1.29 is 19.2 Å². The molecule has 1 amide bonds. The minimum absolute atomic E-state index is 0.204. The van der Waals surface area contributed by atoms with Crippen molar-refractivity contribution >= 4 is 17.6 Å². The fourth-order valence-corrected chi connectivity index (χ4v) is 2.99. The van der Waals surface area contributed by atoms with E-state index in [9.17, 15) is 19.7 Å². The molecule has 1 atom stereocenters. The molecule has 30 heavy (non-hydrogen) atoms. The lowest BCUT2D eigenvalue weighted by Gasteiger charge is -2.22. The molecule has 1 unspecified atom stereocenters. The summed E-state index contributed by atoms with van der Waals surface area (Å²) in [5, 5.41) is 14.0. The van der Waals surface area contributed by atoms with E-state index in [4.69, 9.17) is 4.74 Å². The molecule has 0 aliphatic heterocycles. The van der Waals surface area contributed by atoms with E-state index >= 15 is 0 Å². The summed E-state index contributed by atoms with van der Waals surface area (Å²) in [4.78, 5) is 35.6. The molecule has 0 radical (unpaired) electrons. The number of hydrogen-bond donors (Lipinski definition) is 1. The van der Waals surface area contributed by atoms with Gasteiger partial charge < -0.3 is 10.1 Å². The van der Waals surface area contributed by atoms with Crippen LogP contribution in [0.25, 0.3) is 0 Å². The summed E-state index contributed by atoms with van der Waals surface area (Å²) in [6.07, 6.45) is -1.15. The summed E-state index contributed by atoms with van der Waals surface area (Å²) in [6, 6.07) is 23.8. The van der Waals surface area contributed by atoms with Crippen molar-refractivity contribution in [1.29, 1.82) is 0 Å². The number of ether oxygens (including phenoxy) is 1. The number of nitro groups is 1. The summed E-state index contributed by atoms with van der Waals surface area (Å²) in [5.74, 6) is -1.44. The number of nitrogens with zero attached hydrogens (tertiary/aromatic N) is 1. The molecular weight excluding hydrogens is 384 g/mol. The molecule has 7 heteroatoms. The Morgan fingerprint density at radius 3 is 1.90 bits per heavy atom. The number of amides is 1. The first-order chi connectivity index (χ1) is 14.5. The average Bonchev–Trinajstić information content (AvgIpc) is 2.78. The molecule has 0 aliphatic carbocycles. The van der Waals surface area contributed by atoms with Crippen LogP contribution in [0.3, 0.4) is 0 Å². The second-order valence-corrected chi connectivity index (χ2v) is 6.58. The summed E-state index contributed by atoms with van der Waals surface area (Å²) >= 11 is 0. The van der Waals surface area contributed by atoms with Crippen LogP contribution in [-0.2, 0) is 9.53 Å². The fraction of sp³-hybridized carbons (Fsp3) is 0.130. The molecule has 0 bridgehead atoms. The number of rotatable bonds is 7. The molecule has 3 rings (SSSR count). The van der Waals surface area contributed by atoms with E-state index in [1.807, 2.05) is 60.7 Å². The molecule has 152 valence electrons. The van der Waals surface area contributed by atoms with Crippen LogP contribution in [0.2, 0.25) is 0 Å². The molecule has 0 aromatic heterocycles. The Balaban J connectivity index is 1.76. The van der Waals surface area contributed by atoms with E-state index in [-0.39, 0.29) is 11.3 Å². The van der Waals surface area contributed by atoms with E-state index in [0.717, 1.165) is 11.1 Å². The topological polar surface area (TPSA) is 98.5 Å².